The first-order valence-electron chi connectivity index (χ1n) is 12.5. The minimum atomic E-state index is -0.0733. The molecule has 0 saturated carbocycles. The number of carbonyl (C=O) groups is 1. The van der Waals surface area contributed by atoms with E-state index >= 15 is 0 Å². The number of hydrogen-bond donors (Lipinski definition) is 1. The summed E-state index contributed by atoms with van der Waals surface area (Å²) < 4.78 is 10.9. The molecule has 2 fully saturated rings. The van der Waals surface area contributed by atoms with Crippen LogP contribution in [-0.2, 0) is 16.0 Å². The van der Waals surface area contributed by atoms with Gasteiger partial charge >= 0.3 is 0 Å². The Morgan fingerprint density at radius 2 is 1.91 bits per heavy atom. The van der Waals surface area contributed by atoms with E-state index in [9.17, 15) is 4.79 Å². The molecule has 2 aromatic carbocycles. The van der Waals surface area contributed by atoms with Crippen LogP contribution >= 0.6 is 0 Å². The van der Waals surface area contributed by atoms with Crippen molar-refractivity contribution < 1.29 is 14.3 Å². The number of rotatable bonds is 7. The van der Waals surface area contributed by atoms with Crippen LogP contribution in [0.4, 0.5) is 11.4 Å². The van der Waals surface area contributed by atoms with Crippen molar-refractivity contribution in [1.29, 1.82) is 0 Å². The first-order valence-corrected chi connectivity index (χ1v) is 12.5. The Morgan fingerprint density at radius 1 is 1.09 bits per heavy atom. The summed E-state index contributed by atoms with van der Waals surface area (Å²) in [6.45, 7) is 8.00. The fourth-order valence-corrected chi connectivity index (χ4v) is 5.55. The van der Waals surface area contributed by atoms with Crippen molar-refractivity contribution in [1.82, 2.24) is 10.2 Å². The van der Waals surface area contributed by atoms with Crippen LogP contribution in [0.2, 0.25) is 0 Å². The van der Waals surface area contributed by atoms with Crippen LogP contribution in [0.25, 0.3) is 0 Å². The molecule has 182 valence electrons. The van der Waals surface area contributed by atoms with Crippen LogP contribution in [-0.4, -0.2) is 83.0 Å². The molecule has 3 aliphatic heterocycles. The molecule has 1 amide bonds. The Morgan fingerprint density at radius 3 is 2.71 bits per heavy atom. The highest BCUT2D eigenvalue weighted by Gasteiger charge is 2.41. The average Bonchev–Trinajstić information content (AvgIpc) is 2.91. The lowest BCUT2D eigenvalue weighted by Crippen LogP contribution is -2.61. The van der Waals surface area contributed by atoms with Crippen LogP contribution in [0.1, 0.15) is 12.0 Å². The lowest BCUT2D eigenvalue weighted by Gasteiger charge is -2.49. The van der Waals surface area contributed by atoms with Crippen LogP contribution in [0.3, 0.4) is 0 Å². The number of piperazine rings is 1. The van der Waals surface area contributed by atoms with Gasteiger partial charge in [-0.3, -0.25) is 9.69 Å². The molecule has 3 aliphatic rings. The number of nitrogens with one attached hydrogen (secondary N) is 1. The molecule has 2 atom stereocenters. The third-order valence-corrected chi connectivity index (χ3v) is 7.44. The second kappa shape index (κ2) is 10.7. The molecule has 0 bridgehead atoms. The summed E-state index contributed by atoms with van der Waals surface area (Å²) in [6.07, 6.45) is 1.73. The Balaban J connectivity index is 1.29. The Labute approximate surface area is 202 Å². The molecule has 1 N–H and O–H groups in total. The number of anilines is 2. The fraction of sp³-hybridized carbons (Fsp3) is 0.519. The maximum Gasteiger partial charge on any atom is 0.225 e. The molecule has 7 nitrogen and oxygen atoms in total. The lowest BCUT2D eigenvalue weighted by atomic mass is 9.83. The van der Waals surface area contributed by atoms with Gasteiger partial charge in [-0.2, -0.15) is 0 Å². The first kappa shape index (κ1) is 23.0. The Hall–Kier alpha value is -2.77. The van der Waals surface area contributed by atoms with Crippen molar-refractivity contribution in [3.05, 3.63) is 54.1 Å². The highest BCUT2D eigenvalue weighted by atomic mass is 16.5. The van der Waals surface area contributed by atoms with Crippen LogP contribution in [0, 0.1) is 5.92 Å². The molecule has 0 spiro atoms. The lowest BCUT2D eigenvalue weighted by molar-refractivity contribution is -0.125. The summed E-state index contributed by atoms with van der Waals surface area (Å²) in [5, 5.41) is 3.27. The molecule has 2 aromatic rings. The quantitative estimate of drug-likeness (QED) is 0.635. The van der Waals surface area contributed by atoms with E-state index < -0.39 is 0 Å². The molecule has 0 aromatic heterocycles. The van der Waals surface area contributed by atoms with Gasteiger partial charge in [-0.25, -0.2) is 0 Å². The van der Waals surface area contributed by atoms with Crippen molar-refractivity contribution in [2.45, 2.75) is 18.9 Å². The van der Waals surface area contributed by atoms with Crippen molar-refractivity contribution in [3.63, 3.8) is 0 Å². The number of methoxy groups -OCH3 is 1. The summed E-state index contributed by atoms with van der Waals surface area (Å²) in [7, 11) is 1.71. The molecule has 0 unspecified atom stereocenters. The monoisotopic (exact) mass is 464 g/mol. The average molecular weight is 465 g/mol. The van der Waals surface area contributed by atoms with Crippen LogP contribution in [0.5, 0.6) is 5.75 Å². The van der Waals surface area contributed by atoms with Gasteiger partial charge in [0.1, 0.15) is 5.75 Å². The summed E-state index contributed by atoms with van der Waals surface area (Å²) in [6, 6.07) is 17.0. The SMILES string of the molecule is COc1ccc2c(c1)N1CCN(c3ccccc3)C[C@@H]1[C@H](C(=O)NCCCN1CCOCC1)C2. The van der Waals surface area contributed by atoms with Crippen molar-refractivity contribution in [3.8, 4) is 5.75 Å². The topological polar surface area (TPSA) is 57.3 Å². The van der Waals surface area contributed by atoms with Gasteiger partial charge in [-0.1, -0.05) is 24.3 Å². The largest absolute Gasteiger partial charge is 0.497 e. The van der Waals surface area contributed by atoms with E-state index in [0.29, 0.717) is 0 Å². The standard InChI is InChI=1S/C27H36N4O3/c1-33-23-9-8-21-18-24(27(32)28-10-5-11-29-14-16-34-17-15-29)26-20-30(22-6-3-2-4-7-22)12-13-31(26)25(21)19-23/h2-4,6-9,19,24,26H,5,10-18,20H2,1H3,(H,28,32)/t24-,26-/m1/s1. The number of morpholine rings is 1. The van der Waals surface area contributed by atoms with E-state index in [-0.39, 0.29) is 17.9 Å². The summed E-state index contributed by atoms with van der Waals surface area (Å²) in [5.74, 6) is 0.971. The highest BCUT2D eigenvalue weighted by molar-refractivity contribution is 5.82. The maximum absolute atomic E-state index is 13.5. The number of amides is 1. The maximum atomic E-state index is 13.5. The Kier molecular flexibility index (Phi) is 7.21. The van der Waals surface area contributed by atoms with Crippen molar-refractivity contribution >= 4 is 17.3 Å². The zero-order valence-corrected chi connectivity index (χ0v) is 20.1. The van der Waals surface area contributed by atoms with E-state index in [1.165, 1.54) is 16.9 Å². The zero-order chi connectivity index (χ0) is 23.3. The first-order chi connectivity index (χ1) is 16.7. The number of ether oxygens (including phenoxy) is 2. The number of hydrogen-bond acceptors (Lipinski definition) is 6. The van der Waals surface area contributed by atoms with Gasteiger partial charge in [-0.05, 0) is 43.1 Å². The predicted molar refractivity (Wildman–Crippen MR) is 135 cm³/mol. The van der Waals surface area contributed by atoms with Crippen LogP contribution in [0.15, 0.2) is 48.5 Å². The molecular formula is C27H36N4O3. The molecule has 7 heteroatoms. The molecule has 0 radical (unpaired) electrons. The minimum absolute atomic E-state index is 0.0733. The van der Waals surface area contributed by atoms with E-state index in [2.05, 4.69) is 62.5 Å². The molecule has 0 aliphatic carbocycles. The van der Waals surface area contributed by atoms with E-state index in [1.54, 1.807) is 7.11 Å². The van der Waals surface area contributed by atoms with Crippen LogP contribution < -0.4 is 19.9 Å². The fourth-order valence-electron chi connectivity index (χ4n) is 5.55. The molecule has 3 heterocycles. The number of fused-ring (bicyclic) bond motifs is 3. The zero-order valence-electron chi connectivity index (χ0n) is 20.1. The molecule has 5 rings (SSSR count). The summed E-state index contributed by atoms with van der Waals surface area (Å²) >= 11 is 0. The third kappa shape index (κ3) is 5.00. The summed E-state index contributed by atoms with van der Waals surface area (Å²) in [5.41, 5.74) is 3.68. The minimum Gasteiger partial charge on any atom is -0.497 e. The van der Waals surface area contributed by atoms with E-state index in [0.717, 1.165) is 77.6 Å². The third-order valence-electron chi connectivity index (χ3n) is 7.44. The molecular weight excluding hydrogens is 428 g/mol. The smallest absolute Gasteiger partial charge is 0.225 e. The summed E-state index contributed by atoms with van der Waals surface area (Å²) in [4.78, 5) is 20.7. The van der Waals surface area contributed by atoms with Gasteiger partial charge in [0.2, 0.25) is 5.91 Å². The van der Waals surface area contributed by atoms with Gasteiger partial charge in [-0.15, -0.1) is 0 Å². The second-order valence-electron chi connectivity index (χ2n) is 9.45. The van der Waals surface area contributed by atoms with E-state index in [1.807, 2.05) is 6.07 Å². The highest BCUT2D eigenvalue weighted by Crippen LogP contribution is 2.38. The van der Waals surface area contributed by atoms with Gasteiger partial charge in [0, 0.05) is 56.7 Å². The van der Waals surface area contributed by atoms with E-state index in [4.69, 9.17) is 9.47 Å². The second-order valence-corrected chi connectivity index (χ2v) is 9.45. The Bertz CT molecular complexity index is 964. The van der Waals surface area contributed by atoms with Crippen molar-refractivity contribution in [2.75, 3.05) is 75.9 Å². The molecule has 2 saturated heterocycles. The predicted octanol–water partition coefficient (Wildman–Crippen LogP) is 2.40. The van der Waals surface area contributed by atoms with Crippen molar-refractivity contribution in [2.24, 2.45) is 5.92 Å². The van der Waals surface area contributed by atoms with Gasteiger partial charge in [0.05, 0.1) is 32.3 Å². The molecule has 34 heavy (non-hydrogen) atoms. The number of para-hydroxylation sites is 1. The normalized spacial score (nSPS) is 22.6. The number of nitrogens with zero attached hydrogens (tertiary/aromatic N) is 3. The van der Waals surface area contributed by atoms with Gasteiger partial charge in [0.15, 0.2) is 0 Å². The van der Waals surface area contributed by atoms with Gasteiger partial charge in [0.25, 0.3) is 0 Å². The number of benzene rings is 2. The number of carbonyl (C=O) groups excluding carboxylic acids is 1. The van der Waals surface area contributed by atoms with Gasteiger partial charge < -0.3 is 24.6 Å².